The highest BCUT2D eigenvalue weighted by atomic mass is 16.6. The number of aryl methyl sites for hydroxylation is 1. The summed E-state index contributed by atoms with van der Waals surface area (Å²) in [6, 6.07) is 19.6. The topological polar surface area (TPSA) is 154 Å². The van der Waals surface area contributed by atoms with Crippen LogP contribution in [0.15, 0.2) is 75.9 Å². The Balaban J connectivity index is 1.13. The van der Waals surface area contributed by atoms with Crippen LogP contribution >= 0.6 is 0 Å². The molecule has 0 unspecified atom stereocenters. The molecular weight excluding hydrogens is 731 g/mol. The van der Waals surface area contributed by atoms with Crippen molar-refractivity contribution >= 4 is 35.2 Å². The first-order chi connectivity index (χ1) is 27.7. The van der Waals surface area contributed by atoms with Crippen molar-refractivity contribution < 1.29 is 23.9 Å². The molecule has 0 bridgehead atoms. The molecule has 2 aliphatic heterocycles. The summed E-state index contributed by atoms with van der Waals surface area (Å²) in [6.45, 7) is 12.4. The first kappa shape index (κ1) is 42.4. The monoisotopic (exact) mass is 789 g/mol. The first-order valence-corrected chi connectivity index (χ1v) is 20.7. The van der Waals surface area contributed by atoms with Gasteiger partial charge in [0.25, 0.3) is 5.91 Å². The molecule has 3 aromatic carbocycles. The maximum absolute atomic E-state index is 14.0. The van der Waals surface area contributed by atoms with E-state index in [1.807, 2.05) is 88.4 Å². The van der Waals surface area contributed by atoms with Gasteiger partial charge in [-0.2, -0.15) is 5.11 Å². The van der Waals surface area contributed by atoms with Gasteiger partial charge in [0.15, 0.2) is 12.5 Å². The molecule has 0 spiro atoms. The lowest BCUT2D eigenvalue weighted by Gasteiger charge is -2.29. The number of Topliss-reactive ketones (excluding diaryl/α,β-unsaturated/α-hetero) is 1. The van der Waals surface area contributed by atoms with E-state index < -0.39 is 17.6 Å². The standard InChI is InChI=1S/C46H59N7O5/c1-29-23-36(43(55)51-39-19-21-53(6)22-20-39)25-40(30(29)2)33-11-7-31(8-12-33)24-37(44(56)50-38-17-15-35(16-18-38)42-48-28-49-52-42)26-41(54)34-13-9-32(10-14-34)27-47-45(57)58-46(3,4)5/h7-8,11-12,15-18,23,25,32,34,37,39H,9-10,13-14,19-22,24,26-28H2,1-6H3,(H,47,57)(H,50,56)(H,51,55)/t32?,34?,37-/m1/s1. The van der Waals surface area contributed by atoms with Crippen molar-refractivity contribution in [3.63, 3.8) is 0 Å². The number of anilines is 1. The summed E-state index contributed by atoms with van der Waals surface area (Å²) in [5, 5.41) is 17.2. The Morgan fingerprint density at radius 2 is 1.55 bits per heavy atom. The van der Waals surface area contributed by atoms with Gasteiger partial charge in [0, 0.05) is 47.7 Å². The van der Waals surface area contributed by atoms with Crippen molar-refractivity contribution in [1.29, 1.82) is 0 Å². The molecule has 1 saturated carbocycles. The molecule has 2 heterocycles. The zero-order valence-electron chi connectivity index (χ0n) is 34.9. The molecule has 3 amide bonds. The van der Waals surface area contributed by atoms with Crippen molar-refractivity contribution in [1.82, 2.24) is 15.5 Å². The molecule has 0 radical (unpaired) electrons. The third-order valence-electron chi connectivity index (χ3n) is 11.6. The minimum atomic E-state index is -0.590. The lowest BCUT2D eigenvalue weighted by atomic mass is 9.77. The molecule has 308 valence electrons. The highest BCUT2D eigenvalue weighted by molar-refractivity contribution is 6.01. The Morgan fingerprint density at radius 1 is 0.879 bits per heavy atom. The summed E-state index contributed by atoms with van der Waals surface area (Å²) in [5.41, 5.74) is 6.61. The van der Waals surface area contributed by atoms with E-state index in [2.05, 4.69) is 50.0 Å². The number of likely N-dealkylation sites (tertiary alicyclic amines) is 1. The largest absolute Gasteiger partial charge is 0.444 e. The number of amides is 3. The van der Waals surface area contributed by atoms with Crippen LogP contribution in [0.2, 0.25) is 0 Å². The quantitative estimate of drug-likeness (QED) is 0.159. The molecular formula is C46H59N7O5. The average Bonchev–Trinajstić information content (AvgIpc) is 3.74. The van der Waals surface area contributed by atoms with Gasteiger partial charge in [0.05, 0.1) is 0 Å². The summed E-state index contributed by atoms with van der Waals surface area (Å²) in [6.07, 6.45) is 5.06. The minimum absolute atomic E-state index is 0.0487. The number of piperidine rings is 1. The Labute approximate surface area is 342 Å². The zero-order chi connectivity index (χ0) is 41.4. The number of rotatable bonds is 13. The normalized spacial score (nSPS) is 19.2. The second kappa shape index (κ2) is 19.0. The van der Waals surface area contributed by atoms with E-state index in [0.717, 1.165) is 85.0 Å². The Morgan fingerprint density at radius 3 is 2.19 bits per heavy atom. The number of ketones is 1. The number of carbonyl (C=O) groups excluding carboxylic acids is 4. The van der Waals surface area contributed by atoms with Crippen LogP contribution in [-0.4, -0.2) is 79.4 Å². The fraction of sp³-hybridized carbons (Fsp3) is 0.500. The van der Waals surface area contributed by atoms with Crippen LogP contribution in [0.5, 0.6) is 0 Å². The smallest absolute Gasteiger partial charge is 0.407 e. The van der Waals surface area contributed by atoms with Crippen LogP contribution in [0.25, 0.3) is 11.1 Å². The van der Waals surface area contributed by atoms with Crippen molar-refractivity contribution in [3.8, 4) is 11.1 Å². The number of carbonyl (C=O) groups is 4. The molecule has 58 heavy (non-hydrogen) atoms. The highest BCUT2D eigenvalue weighted by Crippen LogP contribution is 2.32. The molecule has 1 aliphatic carbocycles. The number of nitrogens with zero attached hydrogens (tertiary/aromatic N) is 4. The third-order valence-corrected chi connectivity index (χ3v) is 11.6. The van der Waals surface area contributed by atoms with Crippen LogP contribution < -0.4 is 16.0 Å². The van der Waals surface area contributed by atoms with Crippen LogP contribution in [0.3, 0.4) is 0 Å². The molecule has 2 fully saturated rings. The van der Waals surface area contributed by atoms with E-state index in [9.17, 15) is 19.2 Å². The lowest BCUT2D eigenvalue weighted by Crippen LogP contribution is -2.43. The summed E-state index contributed by atoms with van der Waals surface area (Å²) in [5.74, 6) is -0.0553. The van der Waals surface area contributed by atoms with Gasteiger partial charge in [-0.05, 0) is 170 Å². The number of ether oxygens (including phenoxy) is 1. The van der Waals surface area contributed by atoms with Gasteiger partial charge in [0.1, 0.15) is 11.4 Å². The van der Waals surface area contributed by atoms with Gasteiger partial charge >= 0.3 is 6.09 Å². The van der Waals surface area contributed by atoms with Crippen molar-refractivity contribution in [2.45, 2.75) is 97.6 Å². The molecule has 3 N–H and O–H groups in total. The predicted molar refractivity (Wildman–Crippen MR) is 227 cm³/mol. The second-order valence-electron chi connectivity index (χ2n) is 17.3. The third kappa shape index (κ3) is 11.7. The Hall–Kier alpha value is -5.23. The number of nitrogens with one attached hydrogen (secondary N) is 3. The van der Waals surface area contributed by atoms with E-state index in [0.29, 0.717) is 36.7 Å². The van der Waals surface area contributed by atoms with E-state index >= 15 is 0 Å². The summed E-state index contributed by atoms with van der Waals surface area (Å²) in [7, 11) is 2.11. The highest BCUT2D eigenvalue weighted by Gasteiger charge is 2.31. The number of amidine groups is 1. The van der Waals surface area contributed by atoms with E-state index in [1.54, 1.807) is 0 Å². The summed E-state index contributed by atoms with van der Waals surface area (Å²) >= 11 is 0. The molecule has 12 nitrogen and oxygen atoms in total. The van der Waals surface area contributed by atoms with Crippen molar-refractivity contribution in [3.05, 3.63) is 88.5 Å². The summed E-state index contributed by atoms with van der Waals surface area (Å²) < 4.78 is 5.38. The second-order valence-corrected chi connectivity index (χ2v) is 17.3. The number of hydrogen-bond donors (Lipinski definition) is 3. The lowest BCUT2D eigenvalue weighted by molar-refractivity contribution is -0.129. The SMILES string of the molecule is Cc1cc(C(=O)NC2CCN(C)CC2)cc(-c2ccc(C[C@H](CC(=O)C3CCC(CNC(=O)OC(C)(C)C)CC3)C(=O)Nc3ccc(C4=NCN=N4)cc3)cc2)c1C. The fourth-order valence-electron chi connectivity index (χ4n) is 8.04. The van der Waals surface area contributed by atoms with Gasteiger partial charge in [-0.15, -0.1) is 5.11 Å². The molecule has 3 aromatic rings. The van der Waals surface area contributed by atoms with Gasteiger partial charge in [-0.25, -0.2) is 9.79 Å². The molecule has 3 aliphatic rings. The predicted octanol–water partition coefficient (Wildman–Crippen LogP) is 8.05. The van der Waals surface area contributed by atoms with Crippen molar-refractivity contribution in [2.75, 3.05) is 38.7 Å². The fourth-order valence-corrected chi connectivity index (χ4v) is 8.04. The van der Waals surface area contributed by atoms with E-state index in [1.165, 1.54) is 0 Å². The number of benzene rings is 3. The van der Waals surface area contributed by atoms with Gasteiger partial charge < -0.3 is 25.6 Å². The van der Waals surface area contributed by atoms with Crippen LogP contribution in [0.4, 0.5) is 10.5 Å². The molecule has 0 aromatic heterocycles. The number of azo groups is 1. The van der Waals surface area contributed by atoms with E-state index in [4.69, 9.17) is 4.74 Å². The van der Waals surface area contributed by atoms with Crippen LogP contribution in [0.1, 0.15) is 98.3 Å². The molecule has 1 saturated heterocycles. The molecule has 6 rings (SSSR count). The number of hydrogen-bond acceptors (Lipinski definition) is 9. The Kier molecular flexibility index (Phi) is 13.9. The van der Waals surface area contributed by atoms with Gasteiger partial charge in [0.2, 0.25) is 5.91 Å². The number of aliphatic imine (C=N–C) groups is 1. The maximum atomic E-state index is 14.0. The van der Waals surface area contributed by atoms with E-state index in [-0.39, 0.29) is 41.9 Å². The van der Waals surface area contributed by atoms with Gasteiger partial charge in [-0.1, -0.05) is 24.3 Å². The van der Waals surface area contributed by atoms with Crippen LogP contribution in [-0.2, 0) is 20.7 Å². The minimum Gasteiger partial charge on any atom is -0.444 e. The number of alkyl carbamates (subject to hydrolysis) is 1. The zero-order valence-corrected chi connectivity index (χ0v) is 34.9. The Bertz CT molecular complexity index is 2000. The van der Waals surface area contributed by atoms with Gasteiger partial charge in [-0.3, -0.25) is 14.4 Å². The molecule has 1 atom stereocenters. The maximum Gasteiger partial charge on any atom is 0.407 e. The van der Waals surface area contributed by atoms with Crippen molar-refractivity contribution in [2.24, 2.45) is 33.0 Å². The molecule has 12 heteroatoms. The first-order valence-electron chi connectivity index (χ1n) is 20.7. The average molecular weight is 790 g/mol. The summed E-state index contributed by atoms with van der Waals surface area (Å²) in [4.78, 5) is 60.0. The van der Waals surface area contributed by atoms with Crippen LogP contribution in [0, 0.1) is 31.6 Å².